The third-order valence-corrected chi connectivity index (χ3v) is 12.7. The van der Waals surface area contributed by atoms with Gasteiger partial charge in [0.15, 0.2) is 0 Å². The van der Waals surface area contributed by atoms with Crippen LogP contribution in [0, 0.1) is 0 Å². The van der Waals surface area contributed by atoms with Gasteiger partial charge in [-0.1, -0.05) is 164 Å². The summed E-state index contributed by atoms with van der Waals surface area (Å²) < 4.78 is 4.75. The number of rotatable bonds is 4. The van der Waals surface area contributed by atoms with Gasteiger partial charge in [-0.05, 0) is 96.0 Å². The highest BCUT2D eigenvalue weighted by atomic mass is 14.9. The highest BCUT2D eigenvalue weighted by molar-refractivity contribution is 6.23. The summed E-state index contributed by atoms with van der Waals surface area (Å²) >= 11 is 0. The van der Waals surface area contributed by atoms with E-state index in [9.17, 15) is 0 Å². The minimum atomic E-state index is 1.22. The van der Waals surface area contributed by atoms with Gasteiger partial charge in [0.2, 0.25) is 0 Å². The summed E-state index contributed by atoms with van der Waals surface area (Å²) in [5, 5.41) is 12.6. The lowest BCUT2D eigenvalue weighted by molar-refractivity contribution is 1.02. The molecule has 58 heavy (non-hydrogen) atoms. The van der Waals surface area contributed by atoms with Crippen LogP contribution < -0.4 is 0 Å². The average molecular weight is 739 g/mol. The number of para-hydroxylation sites is 4. The topological polar surface area (TPSA) is 9.86 Å². The SMILES string of the molecule is Cn1c2ccccc2c2cccc(-c3cccc4c(-c5cc(-c6ccccc6)c6ccccc6c5)c5cccc(-c6cccc7c8ccccc8n(C)c67)c5cc34)c21. The fourth-order valence-electron chi connectivity index (χ4n) is 10.2. The number of hydrogen-bond acceptors (Lipinski definition) is 0. The number of aromatic nitrogens is 2. The van der Waals surface area contributed by atoms with Crippen molar-refractivity contribution in [3.63, 3.8) is 0 Å². The number of aryl methyl sites for hydroxylation is 2. The first-order chi connectivity index (χ1) is 28.6. The van der Waals surface area contributed by atoms with Crippen molar-refractivity contribution in [3.05, 3.63) is 194 Å². The molecule has 272 valence electrons. The molecule has 0 bridgehead atoms. The van der Waals surface area contributed by atoms with E-state index >= 15 is 0 Å². The number of nitrogens with zero attached hydrogens (tertiary/aromatic N) is 2. The van der Waals surface area contributed by atoms with Gasteiger partial charge in [-0.25, -0.2) is 0 Å². The predicted molar refractivity (Wildman–Crippen MR) is 249 cm³/mol. The van der Waals surface area contributed by atoms with Gasteiger partial charge in [0, 0.05) is 57.8 Å². The molecule has 0 aliphatic carbocycles. The van der Waals surface area contributed by atoms with Crippen LogP contribution >= 0.6 is 0 Å². The molecule has 0 unspecified atom stereocenters. The van der Waals surface area contributed by atoms with E-state index in [1.54, 1.807) is 0 Å². The van der Waals surface area contributed by atoms with Crippen LogP contribution in [-0.4, -0.2) is 9.13 Å². The van der Waals surface area contributed by atoms with Crippen molar-refractivity contribution >= 4 is 75.9 Å². The zero-order chi connectivity index (χ0) is 38.5. The predicted octanol–water partition coefficient (Wildman–Crippen LogP) is 15.1. The molecule has 0 N–H and O–H groups in total. The van der Waals surface area contributed by atoms with E-state index in [1.807, 2.05) is 0 Å². The second kappa shape index (κ2) is 12.5. The molecule has 12 aromatic rings. The van der Waals surface area contributed by atoms with Crippen LogP contribution in [-0.2, 0) is 14.1 Å². The number of fused-ring (bicyclic) bond motifs is 9. The Bertz CT molecular complexity index is 3460. The summed E-state index contributed by atoms with van der Waals surface area (Å²) in [5.41, 5.74) is 14.9. The van der Waals surface area contributed by atoms with Crippen molar-refractivity contribution in [1.82, 2.24) is 9.13 Å². The second-order valence-corrected chi connectivity index (χ2v) is 15.7. The number of hydrogen-bond donors (Lipinski definition) is 0. The summed E-state index contributed by atoms with van der Waals surface area (Å²) in [7, 11) is 4.42. The van der Waals surface area contributed by atoms with Crippen molar-refractivity contribution in [3.8, 4) is 44.5 Å². The zero-order valence-electron chi connectivity index (χ0n) is 32.4. The van der Waals surface area contributed by atoms with E-state index < -0.39 is 0 Å². The third-order valence-electron chi connectivity index (χ3n) is 12.7. The molecule has 0 saturated carbocycles. The van der Waals surface area contributed by atoms with Gasteiger partial charge < -0.3 is 9.13 Å². The van der Waals surface area contributed by atoms with Crippen molar-refractivity contribution in [2.75, 3.05) is 0 Å². The van der Waals surface area contributed by atoms with Gasteiger partial charge in [0.1, 0.15) is 0 Å². The fourth-order valence-corrected chi connectivity index (χ4v) is 10.2. The van der Waals surface area contributed by atoms with Crippen molar-refractivity contribution in [2.45, 2.75) is 0 Å². The molecule has 0 amide bonds. The van der Waals surface area contributed by atoms with E-state index in [0.717, 1.165) is 0 Å². The van der Waals surface area contributed by atoms with Gasteiger partial charge >= 0.3 is 0 Å². The second-order valence-electron chi connectivity index (χ2n) is 15.7. The highest BCUT2D eigenvalue weighted by Crippen LogP contribution is 2.47. The Morgan fingerprint density at radius 3 is 1.29 bits per heavy atom. The Balaban J connectivity index is 1.24. The fraction of sp³-hybridized carbons (Fsp3) is 0.0357. The lowest BCUT2D eigenvalue weighted by Crippen LogP contribution is -1.94. The Morgan fingerprint density at radius 2 is 0.724 bits per heavy atom. The molecular formula is C56H38N2. The zero-order valence-corrected chi connectivity index (χ0v) is 32.4. The van der Waals surface area contributed by atoms with Crippen LogP contribution in [0.25, 0.3) is 120 Å². The Labute approximate surface area is 336 Å². The molecule has 0 saturated heterocycles. The first kappa shape index (κ1) is 32.8. The van der Waals surface area contributed by atoms with Crippen LogP contribution in [0.3, 0.4) is 0 Å². The summed E-state index contributed by atoms with van der Waals surface area (Å²) in [6.07, 6.45) is 0. The third kappa shape index (κ3) is 4.66. The molecule has 0 spiro atoms. The maximum absolute atomic E-state index is 2.49. The first-order valence-corrected chi connectivity index (χ1v) is 20.1. The lowest BCUT2D eigenvalue weighted by Gasteiger charge is -2.19. The molecule has 0 aliphatic heterocycles. The average Bonchev–Trinajstić information content (AvgIpc) is 3.75. The maximum atomic E-state index is 2.49. The molecule has 0 radical (unpaired) electrons. The Hall–Kier alpha value is -7.42. The quantitative estimate of drug-likeness (QED) is 0.159. The van der Waals surface area contributed by atoms with Crippen molar-refractivity contribution in [1.29, 1.82) is 0 Å². The van der Waals surface area contributed by atoms with Crippen LogP contribution in [0.15, 0.2) is 194 Å². The standard InChI is InChI=1S/C56H38N2/c1-57-52-30-10-8-20-41(52)47-28-14-26-45(55(47)57)39-22-12-24-43-50(39)34-51-40(46-27-15-29-48-42-21-9-11-31-53(42)58(2)56(46)48)23-13-25-44(51)54(43)37-32-36-18-6-7-19-38(36)49(33-37)35-16-4-3-5-17-35/h3-34H,1-2H3. The van der Waals surface area contributed by atoms with Gasteiger partial charge in [0.25, 0.3) is 0 Å². The van der Waals surface area contributed by atoms with E-state index in [4.69, 9.17) is 0 Å². The van der Waals surface area contributed by atoms with E-state index in [1.165, 1.54) is 120 Å². The molecular weight excluding hydrogens is 701 g/mol. The van der Waals surface area contributed by atoms with E-state index in [2.05, 4.69) is 217 Å². The highest BCUT2D eigenvalue weighted by Gasteiger charge is 2.21. The van der Waals surface area contributed by atoms with Crippen LogP contribution in [0.1, 0.15) is 0 Å². The molecule has 0 atom stereocenters. The van der Waals surface area contributed by atoms with Crippen LogP contribution in [0.4, 0.5) is 0 Å². The molecule has 2 nitrogen and oxygen atoms in total. The van der Waals surface area contributed by atoms with E-state index in [-0.39, 0.29) is 0 Å². The lowest BCUT2D eigenvalue weighted by atomic mass is 9.84. The summed E-state index contributed by atoms with van der Waals surface area (Å²) in [6.45, 7) is 0. The molecule has 0 aliphatic rings. The Kier molecular flexibility index (Phi) is 7.09. The summed E-state index contributed by atoms with van der Waals surface area (Å²) in [5.74, 6) is 0. The van der Waals surface area contributed by atoms with Crippen LogP contribution in [0.2, 0.25) is 0 Å². The molecule has 2 heterocycles. The monoisotopic (exact) mass is 738 g/mol. The van der Waals surface area contributed by atoms with Crippen molar-refractivity contribution < 1.29 is 0 Å². The van der Waals surface area contributed by atoms with Gasteiger partial charge in [-0.3, -0.25) is 0 Å². The number of benzene rings is 10. The Morgan fingerprint density at radius 1 is 0.276 bits per heavy atom. The normalized spacial score (nSPS) is 12.0. The minimum Gasteiger partial charge on any atom is -0.343 e. The molecule has 0 fully saturated rings. The molecule has 12 rings (SSSR count). The minimum absolute atomic E-state index is 1.22. The van der Waals surface area contributed by atoms with Crippen molar-refractivity contribution in [2.24, 2.45) is 14.1 Å². The summed E-state index contributed by atoms with van der Waals surface area (Å²) in [6, 6.07) is 72.0. The van der Waals surface area contributed by atoms with E-state index in [0.29, 0.717) is 0 Å². The van der Waals surface area contributed by atoms with Gasteiger partial charge in [-0.2, -0.15) is 0 Å². The first-order valence-electron chi connectivity index (χ1n) is 20.1. The summed E-state index contributed by atoms with van der Waals surface area (Å²) in [4.78, 5) is 0. The molecule has 10 aromatic carbocycles. The van der Waals surface area contributed by atoms with Crippen LogP contribution in [0.5, 0.6) is 0 Å². The van der Waals surface area contributed by atoms with Gasteiger partial charge in [-0.15, -0.1) is 0 Å². The molecule has 2 aromatic heterocycles. The maximum Gasteiger partial charge on any atom is 0.0568 e. The van der Waals surface area contributed by atoms with Gasteiger partial charge in [0.05, 0.1) is 11.0 Å². The smallest absolute Gasteiger partial charge is 0.0568 e. The molecule has 2 heteroatoms. The largest absolute Gasteiger partial charge is 0.343 e.